The fourth-order valence-electron chi connectivity index (χ4n) is 3.99. The minimum Gasteiger partial charge on any atom is -0.497 e. The summed E-state index contributed by atoms with van der Waals surface area (Å²) in [5.41, 5.74) is 1.19. The van der Waals surface area contributed by atoms with Crippen LogP contribution >= 0.6 is 0 Å². The first kappa shape index (κ1) is 21.7. The molecule has 1 saturated heterocycles. The van der Waals surface area contributed by atoms with Crippen molar-refractivity contribution in [2.45, 2.75) is 19.8 Å². The molecule has 0 spiro atoms. The number of piperidine rings is 1. The molecule has 0 N–H and O–H groups in total. The Morgan fingerprint density at radius 2 is 1.66 bits per heavy atom. The molecule has 0 radical (unpaired) electrons. The SMILES string of the molecule is COC(=O)c1ccc2c(=O)n(-c3cc(OC)cc(OC)c3)c(N3CCC(C)CC3)nc2c1. The third-order valence-corrected chi connectivity index (χ3v) is 5.93. The number of ether oxygens (including phenoxy) is 3. The van der Waals surface area contributed by atoms with Crippen LogP contribution in [0.4, 0.5) is 5.95 Å². The van der Waals surface area contributed by atoms with Crippen molar-refractivity contribution in [2.75, 3.05) is 39.3 Å². The molecule has 1 aliphatic heterocycles. The normalized spacial score (nSPS) is 14.4. The van der Waals surface area contributed by atoms with E-state index in [0.29, 0.717) is 45.5 Å². The number of rotatable bonds is 5. The molecule has 0 amide bonds. The minimum atomic E-state index is -0.469. The number of aromatic nitrogens is 2. The van der Waals surface area contributed by atoms with Crippen molar-refractivity contribution in [3.05, 3.63) is 52.3 Å². The van der Waals surface area contributed by atoms with Gasteiger partial charge in [0.2, 0.25) is 5.95 Å². The summed E-state index contributed by atoms with van der Waals surface area (Å²) in [6.45, 7) is 3.81. The van der Waals surface area contributed by atoms with Gasteiger partial charge in [0.15, 0.2) is 0 Å². The Labute approximate surface area is 186 Å². The van der Waals surface area contributed by atoms with Gasteiger partial charge in [0.1, 0.15) is 11.5 Å². The van der Waals surface area contributed by atoms with E-state index in [1.54, 1.807) is 55.2 Å². The molecule has 168 valence electrons. The van der Waals surface area contributed by atoms with E-state index >= 15 is 0 Å². The molecule has 1 aliphatic rings. The maximum absolute atomic E-state index is 13.7. The third kappa shape index (κ3) is 4.00. The summed E-state index contributed by atoms with van der Waals surface area (Å²) in [5, 5.41) is 0.411. The van der Waals surface area contributed by atoms with Crippen LogP contribution in [0.15, 0.2) is 41.2 Å². The highest BCUT2D eigenvalue weighted by Gasteiger charge is 2.23. The second-order valence-corrected chi connectivity index (χ2v) is 8.02. The quantitative estimate of drug-likeness (QED) is 0.566. The van der Waals surface area contributed by atoms with E-state index in [1.807, 2.05) is 0 Å². The molecule has 0 atom stereocenters. The van der Waals surface area contributed by atoms with Crippen molar-refractivity contribution in [2.24, 2.45) is 5.92 Å². The van der Waals surface area contributed by atoms with Crippen LogP contribution in [0.2, 0.25) is 0 Å². The van der Waals surface area contributed by atoms with Crippen molar-refractivity contribution in [3.8, 4) is 17.2 Å². The van der Waals surface area contributed by atoms with Gasteiger partial charge in [0.25, 0.3) is 5.56 Å². The van der Waals surface area contributed by atoms with Crippen molar-refractivity contribution < 1.29 is 19.0 Å². The van der Waals surface area contributed by atoms with Crippen LogP contribution in [0.25, 0.3) is 16.6 Å². The van der Waals surface area contributed by atoms with Crippen molar-refractivity contribution in [1.29, 1.82) is 0 Å². The summed E-state index contributed by atoms with van der Waals surface area (Å²) in [4.78, 5) is 32.7. The first-order valence-electron chi connectivity index (χ1n) is 10.6. The van der Waals surface area contributed by atoms with Crippen molar-refractivity contribution in [3.63, 3.8) is 0 Å². The van der Waals surface area contributed by atoms with Crippen molar-refractivity contribution in [1.82, 2.24) is 9.55 Å². The second-order valence-electron chi connectivity index (χ2n) is 8.02. The first-order valence-corrected chi connectivity index (χ1v) is 10.6. The number of hydrogen-bond donors (Lipinski definition) is 0. The number of fused-ring (bicyclic) bond motifs is 1. The van der Waals surface area contributed by atoms with Gasteiger partial charge in [-0.05, 0) is 37.0 Å². The fraction of sp³-hybridized carbons (Fsp3) is 0.375. The molecule has 8 nitrogen and oxygen atoms in total. The van der Waals surface area contributed by atoms with Gasteiger partial charge in [-0.25, -0.2) is 14.3 Å². The smallest absolute Gasteiger partial charge is 0.337 e. The lowest BCUT2D eigenvalue weighted by atomic mass is 9.99. The average Bonchev–Trinajstić information content (AvgIpc) is 2.83. The second kappa shape index (κ2) is 8.90. The first-order chi connectivity index (χ1) is 15.4. The summed E-state index contributed by atoms with van der Waals surface area (Å²) in [5.74, 6) is 1.83. The van der Waals surface area contributed by atoms with Gasteiger partial charge in [-0.3, -0.25) is 4.79 Å². The van der Waals surface area contributed by atoms with E-state index in [4.69, 9.17) is 19.2 Å². The van der Waals surface area contributed by atoms with Crippen LogP contribution in [0.1, 0.15) is 30.1 Å². The highest BCUT2D eigenvalue weighted by molar-refractivity contribution is 5.94. The number of methoxy groups -OCH3 is 3. The zero-order valence-corrected chi connectivity index (χ0v) is 18.8. The van der Waals surface area contributed by atoms with Gasteiger partial charge < -0.3 is 19.1 Å². The number of hydrogen-bond acceptors (Lipinski definition) is 7. The van der Waals surface area contributed by atoms with E-state index in [9.17, 15) is 9.59 Å². The third-order valence-electron chi connectivity index (χ3n) is 5.93. The van der Waals surface area contributed by atoms with E-state index in [1.165, 1.54) is 7.11 Å². The van der Waals surface area contributed by atoms with Crippen LogP contribution < -0.4 is 19.9 Å². The maximum atomic E-state index is 13.7. The van der Waals surface area contributed by atoms with Crippen LogP contribution in [-0.4, -0.2) is 49.9 Å². The Morgan fingerprint density at radius 3 is 2.25 bits per heavy atom. The summed E-state index contributed by atoms with van der Waals surface area (Å²) in [7, 11) is 4.47. The summed E-state index contributed by atoms with van der Waals surface area (Å²) in [6, 6.07) is 10.1. The number of anilines is 1. The minimum absolute atomic E-state index is 0.227. The van der Waals surface area contributed by atoms with Gasteiger partial charge in [-0.2, -0.15) is 0 Å². The lowest BCUT2D eigenvalue weighted by Crippen LogP contribution is -2.38. The lowest BCUT2D eigenvalue weighted by Gasteiger charge is -2.32. The molecular weight excluding hydrogens is 410 g/mol. The number of nitrogens with zero attached hydrogens (tertiary/aromatic N) is 3. The molecule has 0 saturated carbocycles. The largest absolute Gasteiger partial charge is 0.497 e. The van der Waals surface area contributed by atoms with Gasteiger partial charge in [0, 0.05) is 31.3 Å². The maximum Gasteiger partial charge on any atom is 0.337 e. The molecular formula is C24H27N3O5. The topological polar surface area (TPSA) is 82.9 Å². The molecule has 8 heteroatoms. The number of carbonyl (C=O) groups is 1. The number of carbonyl (C=O) groups excluding carboxylic acids is 1. The van der Waals surface area contributed by atoms with E-state index < -0.39 is 5.97 Å². The van der Waals surface area contributed by atoms with Gasteiger partial charge in [0.05, 0.1) is 43.5 Å². The molecule has 0 bridgehead atoms. The predicted octanol–water partition coefficient (Wildman–Crippen LogP) is 3.43. The summed E-state index contributed by atoms with van der Waals surface area (Å²) >= 11 is 0. The fourth-order valence-corrected chi connectivity index (χ4v) is 3.99. The molecule has 2 aromatic carbocycles. The van der Waals surface area contributed by atoms with Crippen molar-refractivity contribution >= 4 is 22.8 Å². The molecule has 0 unspecified atom stereocenters. The van der Waals surface area contributed by atoms with E-state index in [2.05, 4.69) is 11.8 Å². The monoisotopic (exact) mass is 437 g/mol. The zero-order valence-electron chi connectivity index (χ0n) is 18.8. The average molecular weight is 437 g/mol. The van der Waals surface area contributed by atoms with E-state index in [-0.39, 0.29) is 5.56 Å². The Balaban J connectivity index is 1.98. The zero-order chi connectivity index (χ0) is 22.8. The van der Waals surface area contributed by atoms with E-state index in [0.717, 1.165) is 25.9 Å². The number of esters is 1. The molecule has 0 aliphatic carbocycles. The summed E-state index contributed by atoms with van der Waals surface area (Å²) in [6.07, 6.45) is 2.02. The van der Waals surface area contributed by atoms with Gasteiger partial charge >= 0.3 is 5.97 Å². The lowest BCUT2D eigenvalue weighted by molar-refractivity contribution is 0.0601. The van der Waals surface area contributed by atoms with Gasteiger partial charge in [-0.1, -0.05) is 6.92 Å². The molecule has 1 fully saturated rings. The Kier molecular flexibility index (Phi) is 6.03. The highest BCUT2D eigenvalue weighted by atomic mass is 16.5. The number of benzene rings is 2. The standard InChI is InChI=1S/C24H27N3O5/c1-15-7-9-26(10-8-15)24-25-21-11-16(23(29)32-4)5-6-20(21)22(28)27(24)17-12-18(30-2)14-19(13-17)31-3/h5-6,11-15H,7-10H2,1-4H3. The van der Waals surface area contributed by atoms with Crippen LogP contribution in [-0.2, 0) is 4.74 Å². The summed E-state index contributed by atoms with van der Waals surface area (Å²) < 4.78 is 17.3. The van der Waals surface area contributed by atoms with Gasteiger partial charge in [-0.15, -0.1) is 0 Å². The predicted molar refractivity (Wildman–Crippen MR) is 122 cm³/mol. The van der Waals surface area contributed by atoms with Crippen LogP contribution in [0.5, 0.6) is 11.5 Å². The Hall–Kier alpha value is -3.55. The highest BCUT2D eigenvalue weighted by Crippen LogP contribution is 2.29. The van der Waals surface area contributed by atoms with Crippen LogP contribution in [0, 0.1) is 5.92 Å². The molecule has 1 aromatic heterocycles. The molecule has 32 heavy (non-hydrogen) atoms. The Bertz CT molecular complexity index is 1190. The molecule has 2 heterocycles. The van der Waals surface area contributed by atoms with Crippen LogP contribution in [0.3, 0.4) is 0 Å². The Morgan fingerprint density at radius 1 is 1.00 bits per heavy atom. The molecule has 4 rings (SSSR count). The molecule has 3 aromatic rings.